The summed E-state index contributed by atoms with van der Waals surface area (Å²) in [7, 11) is -3.76. The van der Waals surface area contributed by atoms with E-state index >= 15 is 0 Å². The molecule has 0 bridgehead atoms. The van der Waals surface area contributed by atoms with Crippen LogP contribution in [0.2, 0.25) is 0 Å². The second-order valence-corrected chi connectivity index (χ2v) is 9.88. The van der Waals surface area contributed by atoms with Crippen LogP contribution in [0.25, 0.3) is 0 Å². The van der Waals surface area contributed by atoms with Gasteiger partial charge in [0.15, 0.2) is 0 Å². The van der Waals surface area contributed by atoms with Gasteiger partial charge in [-0.3, -0.25) is 9.52 Å². The molecule has 32 heavy (non-hydrogen) atoms. The normalized spacial score (nSPS) is 14.4. The lowest BCUT2D eigenvalue weighted by atomic mass is 10.2. The minimum atomic E-state index is -3.76. The van der Waals surface area contributed by atoms with Crippen LogP contribution in [0.3, 0.4) is 0 Å². The van der Waals surface area contributed by atoms with Crippen molar-refractivity contribution in [3.63, 3.8) is 0 Å². The number of hydrogen-bond donors (Lipinski definition) is 1. The van der Waals surface area contributed by atoms with Crippen molar-refractivity contribution in [3.05, 3.63) is 59.7 Å². The van der Waals surface area contributed by atoms with Gasteiger partial charge in [0.25, 0.3) is 15.9 Å². The van der Waals surface area contributed by atoms with Crippen molar-refractivity contribution in [3.8, 4) is 0 Å². The Morgan fingerprint density at radius 3 is 2.16 bits per heavy atom. The highest BCUT2D eigenvalue weighted by molar-refractivity contribution is 7.92. The van der Waals surface area contributed by atoms with Crippen molar-refractivity contribution >= 4 is 27.7 Å². The number of benzene rings is 2. The van der Waals surface area contributed by atoms with Crippen molar-refractivity contribution in [2.45, 2.75) is 25.7 Å². The number of carbonyl (C=O) groups excluding carboxylic acids is 2. The van der Waals surface area contributed by atoms with Crippen LogP contribution < -0.4 is 4.72 Å². The number of ether oxygens (including phenoxy) is 1. The highest BCUT2D eigenvalue weighted by Crippen LogP contribution is 2.20. The van der Waals surface area contributed by atoms with Gasteiger partial charge < -0.3 is 14.5 Å². The summed E-state index contributed by atoms with van der Waals surface area (Å²) in [5.41, 5.74) is 1.73. The Bertz CT molecular complexity index is 1060. The molecule has 1 N–H and O–H groups in total. The van der Waals surface area contributed by atoms with Crippen LogP contribution in [0.5, 0.6) is 0 Å². The van der Waals surface area contributed by atoms with Gasteiger partial charge in [-0.05, 0) is 48.7 Å². The Kier molecular flexibility index (Phi) is 7.40. The Morgan fingerprint density at radius 2 is 1.56 bits per heavy atom. The lowest BCUT2D eigenvalue weighted by Gasteiger charge is -2.34. The van der Waals surface area contributed by atoms with Gasteiger partial charge in [0.05, 0.1) is 17.2 Å². The summed E-state index contributed by atoms with van der Waals surface area (Å²) in [5.74, 6) is 0.0662. The maximum Gasteiger partial charge on any atom is 0.409 e. The SMILES string of the molecule is Cc1ccccc1NS(=O)(=O)c1ccc(C(=O)N2CCN(C(=O)OCC(C)C)CC2)cc1. The molecule has 1 aliphatic heterocycles. The quantitative estimate of drug-likeness (QED) is 0.715. The molecule has 0 aliphatic carbocycles. The fourth-order valence-electron chi connectivity index (χ4n) is 3.27. The Hall–Kier alpha value is -3.07. The maximum absolute atomic E-state index is 12.8. The number of sulfonamides is 1. The van der Waals surface area contributed by atoms with Gasteiger partial charge in [-0.25, -0.2) is 13.2 Å². The van der Waals surface area contributed by atoms with Crippen molar-refractivity contribution in [1.29, 1.82) is 0 Å². The van der Waals surface area contributed by atoms with Crippen LogP contribution in [0, 0.1) is 12.8 Å². The number of carbonyl (C=O) groups is 2. The molecule has 3 rings (SSSR count). The Balaban J connectivity index is 1.60. The molecular formula is C23H29N3O5S. The van der Waals surface area contributed by atoms with Crippen LogP contribution in [0.1, 0.15) is 29.8 Å². The number of hydrogen-bond acceptors (Lipinski definition) is 5. The van der Waals surface area contributed by atoms with Crippen molar-refractivity contribution in [2.24, 2.45) is 5.92 Å². The van der Waals surface area contributed by atoms with E-state index in [1.807, 2.05) is 32.9 Å². The van der Waals surface area contributed by atoms with E-state index < -0.39 is 10.0 Å². The van der Waals surface area contributed by atoms with Crippen molar-refractivity contribution in [1.82, 2.24) is 9.80 Å². The number of para-hydroxylation sites is 1. The number of rotatable bonds is 6. The average Bonchev–Trinajstić information content (AvgIpc) is 2.78. The predicted octanol–water partition coefficient (Wildman–Crippen LogP) is 3.35. The molecule has 0 unspecified atom stereocenters. The molecule has 1 fully saturated rings. The van der Waals surface area contributed by atoms with Gasteiger partial charge >= 0.3 is 6.09 Å². The monoisotopic (exact) mass is 459 g/mol. The second kappa shape index (κ2) is 10.0. The molecule has 1 aliphatic rings. The fraction of sp³-hybridized carbons (Fsp3) is 0.391. The standard InChI is InChI=1S/C23H29N3O5S/c1-17(2)16-31-23(28)26-14-12-25(13-15-26)22(27)19-8-10-20(11-9-19)32(29,30)24-21-7-5-4-6-18(21)3/h4-11,17,24H,12-16H2,1-3H3. The molecule has 1 heterocycles. The molecule has 2 amide bonds. The summed E-state index contributed by atoms with van der Waals surface area (Å²) in [4.78, 5) is 28.2. The van der Waals surface area contributed by atoms with E-state index in [0.29, 0.717) is 44.0 Å². The van der Waals surface area contributed by atoms with Crippen LogP contribution in [0.4, 0.5) is 10.5 Å². The molecular weight excluding hydrogens is 430 g/mol. The highest BCUT2D eigenvalue weighted by Gasteiger charge is 2.26. The number of anilines is 1. The fourth-order valence-corrected chi connectivity index (χ4v) is 4.40. The summed E-state index contributed by atoms with van der Waals surface area (Å²) in [6.07, 6.45) is -0.360. The highest BCUT2D eigenvalue weighted by atomic mass is 32.2. The van der Waals surface area contributed by atoms with Gasteiger partial charge in [-0.2, -0.15) is 0 Å². The van der Waals surface area contributed by atoms with E-state index in [9.17, 15) is 18.0 Å². The van der Waals surface area contributed by atoms with Gasteiger partial charge in [0, 0.05) is 31.7 Å². The third-order valence-electron chi connectivity index (χ3n) is 5.17. The Labute approximate surface area is 189 Å². The first-order valence-corrected chi connectivity index (χ1v) is 12.0. The molecule has 0 aromatic heterocycles. The molecule has 1 saturated heterocycles. The summed E-state index contributed by atoms with van der Waals surface area (Å²) in [5, 5.41) is 0. The first-order chi connectivity index (χ1) is 15.2. The van der Waals surface area contributed by atoms with Crippen LogP contribution in [-0.4, -0.2) is 63.0 Å². The first kappa shape index (κ1) is 23.6. The van der Waals surface area contributed by atoms with Gasteiger partial charge in [0.2, 0.25) is 0 Å². The zero-order chi connectivity index (χ0) is 23.3. The summed E-state index contributed by atoms with van der Waals surface area (Å²) in [6.45, 7) is 7.72. The minimum Gasteiger partial charge on any atom is -0.449 e. The van der Waals surface area contributed by atoms with Gasteiger partial charge in [-0.15, -0.1) is 0 Å². The minimum absolute atomic E-state index is 0.0787. The van der Waals surface area contributed by atoms with Gasteiger partial charge in [-0.1, -0.05) is 32.0 Å². The summed E-state index contributed by atoms with van der Waals surface area (Å²) >= 11 is 0. The van der Waals surface area contributed by atoms with E-state index in [0.717, 1.165) is 5.56 Å². The molecule has 0 saturated carbocycles. The topological polar surface area (TPSA) is 96.0 Å². The zero-order valence-corrected chi connectivity index (χ0v) is 19.4. The molecule has 0 atom stereocenters. The van der Waals surface area contributed by atoms with Crippen molar-refractivity contribution in [2.75, 3.05) is 37.5 Å². The third-order valence-corrected chi connectivity index (χ3v) is 6.55. The van der Waals surface area contributed by atoms with Crippen molar-refractivity contribution < 1.29 is 22.7 Å². The predicted molar refractivity (Wildman–Crippen MR) is 122 cm³/mol. The smallest absolute Gasteiger partial charge is 0.409 e. The number of piperazine rings is 1. The average molecular weight is 460 g/mol. The van der Waals surface area contributed by atoms with Crippen LogP contribution in [0.15, 0.2) is 53.4 Å². The molecule has 0 spiro atoms. The van der Waals surface area contributed by atoms with Crippen LogP contribution >= 0.6 is 0 Å². The molecule has 2 aromatic carbocycles. The zero-order valence-electron chi connectivity index (χ0n) is 18.6. The van der Waals surface area contributed by atoms with Gasteiger partial charge in [0.1, 0.15) is 0 Å². The van der Waals surface area contributed by atoms with E-state index in [-0.39, 0.29) is 22.8 Å². The van der Waals surface area contributed by atoms with E-state index in [2.05, 4.69) is 4.72 Å². The largest absolute Gasteiger partial charge is 0.449 e. The Morgan fingerprint density at radius 1 is 0.969 bits per heavy atom. The first-order valence-electron chi connectivity index (χ1n) is 10.6. The number of amides is 2. The van der Waals surface area contributed by atoms with Crippen LogP contribution in [-0.2, 0) is 14.8 Å². The molecule has 2 aromatic rings. The molecule has 0 radical (unpaired) electrons. The molecule has 172 valence electrons. The summed E-state index contributed by atoms with van der Waals surface area (Å²) < 4.78 is 33.2. The number of nitrogens with one attached hydrogen (secondary N) is 1. The molecule has 9 heteroatoms. The second-order valence-electron chi connectivity index (χ2n) is 8.19. The number of nitrogens with zero attached hydrogens (tertiary/aromatic N) is 2. The lowest BCUT2D eigenvalue weighted by molar-refractivity contribution is 0.0535. The van der Waals surface area contributed by atoms with E-state index in [1.165, 1.54) is 24.3 Å². The van der Waals surface area contributed by atoms with E-state index in [1.54, 1.807) is 21.9 Å². The molecule has 8 nitrogen and oxygen atoms in total. The lowest BCUT2D eigenvalue weighted by Crippen LogP contribution is -2.50. The third kappa shape index (κ3) is 5.79. The summed E-state index contributed by atoms with van der Waals surface area (Å²) in [6, 6.07) is 13.0. The maximum atomic E-state index is 12.8. The number of aryl methyl sites for hydroxylation is 1. The van der Waals surface area contributed by atoms with E-state index in [4.69, 9.17) is 4.74 Å².